The molecule has 0 aliphatic heterocycles. The smallest absolute Gasteiger partial charge is 0.339 e. The number of nitro benzene ring substituents is 1. The third-order valence-electron chi connectivity index (χ3n) is 3.42. The lowest BCUT2D eigenvalue weighted by atomic mass is 10.1. The molecule has 0 fully saturated rings. The van der Waals surface area contributed by atoms with Crippen LogP contribution in [0.15, 0.2) is 46.2 Å². The number of hydrogen-bond donors (Lipinski definition) is 0. The average molecular weight is 361 g/mol. The fraction of sp³-hybridized carbons (Fsp3) is 0.176. The average Bonchev–Trinajstić information content (AvgIpc) is 2.60. The Balaban J connectivity index is 2.54. The van der Waals surface area contributed by atoms with Crippen molar-refractivity contribution in [1.29, 1.82) is 0 Å². The Morgan fingerprint density at radius 2 is 1.60 bits per heavy atom. The van der Waals surface area contributed by atoms with E-state index in [0.29, 0.717) is 20.9 Å². The minimum Gasteiger partial charge on any atom is -0.465 e. The van der Waals surface area contributed by atoms with Gasteiger partial charge in [0.25, 0.3) is 5.69 Å². The molecule has 2 aromatic rings. The van der Waals surface area contributed by atoms with Gasteiger partial charge in [0.1, 0.15) is 0 Å². The highest BCUT2D eigenvalue weighted by molar-refractivity contribution is 7.99. The Hall–Kier alpha value is -2.87. The molecule has 0 aliphatic rings. The van der Waals surface area contributed by atoms with Gasteiger partial charge in [-0.05, 0) is 30.7 Å². The summed E-state index contributed by atoms with van der Waals surface area (Å²) in [6.45, 7) is 1.66. The standard InChI is InChI=1S/C17H15NO6S/c1-10-8-15(13(18(21)22)9-12(10)17(20)24-3)25-14-7-5-4-6-11(14)16(19)23-2/h4-9H,1-3H3. The maximum atomic E-state index is 11.9. The van der Waals surface area contributed by atoms with Crippen molar-refractivity contribution in [2.24, 2.45) is 0 Å². The van der Waals surface area contributed by atoms with Gasteiger partial charge in [0.2, 0.25) is 0 Å². The molecule has 2 rings (SSSR count). The number of methoxy groups -OCH3 is 2. The summed E-state index contributed by atoms with van der Waals surface area (Å²) in [7, 11) is 2.48. The topological polar surface area (TPSA) is 95.7 Å². The number of nitro groups is 1. The maximum Gasteiger partial charge on any atom is 0.339 e. The van der Waals surface area contributed by atoms with Crippen LogP contribution in [0.25, 0.3) is 0 Å². The second-order valence-electron chi connectivity index (χ2n) is 4.97. The highest BCUT2D eigenvalue weighted by atomic mass is 32.2. The normalized spacial score (nSPS) is 10.2. The van der Waals surface area contributed by atoms with Crippen LogP contribution in [0.3, 0.4) is 0 Å². The van der Waals surface area contributed by atoms with E-state index in [-0.39, 0.29) is 11.3 Å². The molecule has 0 spiro atoms. The van der Waals surface area contributed by atoms with Gasteiger partial charge in [-0.25, -0.2) is 9.59 Å². The van der Waals surface area contributed by atoms with Crippen LogP contribution in [0.2, 0.25) is 0 Å². The van der Waals surface area contributed by atoms with E-state index in [1.807, 2.05) is 0 Å². The summed E-state index contributed by atoms with van der Waals surface area (Å²) >= 11 is 1.06. The monoisotopic (exact) mass is 361 g/mol. The molecule has 0 N–H and O–H groups in total. The van der Waals surface area contributed by atoms with E-state index in [1.54, 1.807) is 31.2 Å². The molecule has 0 amide bonds. The summed E-state index contributed by atoms with van der Waals surface area (Å²) in [5.41, 5.74) is 0.727. The summed E-state index contributed by atoms with van der Waals surface area (Å²) in [5, 5.41) is 11.4. The summed E-state index contributed by atoms with van der Waals surface area (Å²) in [4.78, 5) is 35.3. The molecular formula is C17H15NO6S. The lowest BCUT2D eigenvalue weighted by Gasteiger charge is -2.10. The van der Waals surface area contributed by atoms with Gasteiger partial charge < -0.3 is 9.47 Å². The van der Waals surface area contributed by atoms with Crippen LogP contribution in [-0.4, -0.2) is 31.1 Å². The largest absolute Gasteiger partial charge is 0.465 e. The molecule has 0 saturated heterocycles. The Bertz CT molecular complexity index is 849. The summed E-state index contributed by atoms with van der Waals surface area (Å²) in [6.07, 6.45) is 0. The van der Waals surface area contributed by atoms with Crippen molar-refractivity contribution in [3.63, 3.8) is 0 Å². The van der Waals surface area contributed by atoms with E-state index in [2.05, 4.69) is 4.74 Å². The minimum absolute atomic E-state index is 0.125. The summed E-state index contributed by atoms with van der Waals surface area (Å²) in [6, 6.07) is 9.36. The van der Waals surface area contributed by atoms with E-state index in [9.17, 15) is 19.7 Å². The van der Waals surface area contributed by atoms with Crippen LogP contribution in [0.5, 0.6) is 0 Å². The number of carbonyl (C=O) groups is 2. The lowest BCUT2D eigenvalue weighted by Crippen LogP contribution is -2.06. The highest BCUT2D eigenvalue weighted by Gasteiger charge is 2.23. The van der Waals surface area contributed by atoms with Gasteiger partial charge >= 0.3 is 11.9 Å². The first-order valence-corrected chi connectivity index (χ1v) is 7.93. The Morgan fingerprint density at radius 1 is 1.00 bits per heavy atom. The van der Waals surface area contributed by atoms with Gasteiger partial charge in [0.15, 0.2) is 0 Å². The minimum atomic E-state index is -0.646. The second kappa shape index (κ2) is 7.80. The molecule has 0 aliphatic carbocycles. The van der Waals surface area contributed by atoms with Gasteiger partial charge in [-0.1, -0.05) is 23.9 Å². The van der Waals surface area contributed by atoms with Gasteiger partial charge in [-0.2, -0.15) is 0 Å². The van der Waals surface area contributed by atoms with Gasteiger partial charge in [-0.15, -0.1) is 0 Å². The number of aryl methyl sites for hydroxylation is 1. The summed E-state index contributed by atoms with van der Waals surface area (Å²) in [5.74, 6) is -1.18. The molecule has 7 nitrogen and oxygen atoms in total. The predicted molar refractivity (Wildman–Crippen MR) is 91.1 cm³/mol. The van der Waals surface area contributed by atoms with E-state index in [0.717, 1.165) is 11.8 Å². The number of hydrogen-bond acceptors (Lipinski definition) is 7. The van der Waals surface area contributed by atoms with E-state index in [1.165, 1.54) is 26.4 Å². The molecule has 0 bridgehead atoms. The van der Waals surface area contributed by atoms with Crippen molar-refractivity contribution in [3.05, 3.63) is 63.2 Å². The van der Waals surface area contributed by atoms with Crippen molar-refractivity contribution < 1.29 is 24.0 Å². The van der Waals surface area contributed by atoms with Crippen LogP contribution >= 0.6 is 11.8 Å². The molecule has 2 aromatic carbocycles. The highest BCUT2D eigenvalue weighted by Crippen LogP contribution is 2.38. The van der Waals surface area contributed by atoms with Crippen molar-refractivity contribution in [2.75, 3.05) is 14.2 Å². The van der Waals surface area contributed by atoms with E-state index in [4.69, 9.17) is 4.74 Å². The second-order valence-corrected chi connectivity index (χ2v) is 6.06. The first kappa shape index (κ1) is 18.5. The van der Waals surface area contributed by atoms with Crippen LogP contribution in [-0.2, 0) is 9.47 Å². The Morgan fingerprint density at radius 3 is 2.20 bits per heavy atom. The third kappa shape index (κ3) is 3.97. The molecule has 0 radical (unpaired) electrons. The first-order valence-electron chi connectivity index (χ1n) is 7.11. The third-order valence-corrected chi connectivity index (χ3v) is 4.54. The van der Waals surface area contributed by atoms with E-state index >= 15 is 0 Å². The molecule has 130 valence electrons. The SMILES string of the molecule is COC(=O)c1cc([N+](=O)[O-])c(Sc2ccccc2C(=O)OC)cc1C. The molecular weight excluding hydrogens is 346 g/mol. The van der Waals surface area contributed by atoms with Crippen LogP contribution < -0.4 is 0 Å². The van der Waals surface area contributed by atoms with E-state index < -0.39 is 16.9 Å². The number of benzene rings is 2. The van der Waals surface area contributed by atoms with Crippen LogP contribution in [0, 0.1) is 17.0 Å². The van der Waals surface area contributed by atoms with Gasteiger partial charge in [0, 0.05) is 11.0 Å². The molecule has 0 aromatic heterocycles. The molecule has 25 heavy (non-hydrogen) atoms. The lowest BCUT2D eigenvalue weighted by molar-refractivity contribution is -0.387. The predicted octanol–water partition coefficient (Wildman–Crippen LogP) is 3.63. The van der Waals surface area contributed by atoms with Crippen LogP contribution in [0.4, 0.5) is 5.69 Å². The van der Waals surface area contributed by atoms with Crippen molar-refractivity contribution in [3.8, 4) is 0 Å². The summed E-state index contributed by atoms with van der Waals surface area (Å²) < 4.78 is 9.38. The zero-order valence-electron chi connectivity index (χ0n) is 13.8. The Labute approximate surface area is 148 Å². The van der Waals surface area contributed by atoms with Crippen molar-refractivity contribution >= 4 is 29.4 Å². The Kier molecular flexibility index (Phi) is 5.76. The first-order chi connectivity index (χ1) is 11.9. The zero-order valence-corrected chi connectivity index (χ0v) is 14.6. The maximum absolute atomic E-state index is 11.9. The number of nitrogens with zero attached hydrogens (tertiary/aromatic N) is 1. The molecule has 8 heteroatoms. The zero-order chi connectivity index (χ0) is 18.6. The van der Waals surface area contributed by atoms with Crippen molar-refractivity contribution in [1.82, 2.24) is 0 Å². The quantitative estimate of drug-likeness (QED) is 0.456. The fourth-order valence-electron chi connectivity index (χ4n) is 2.18. The van der Waals surface area contributed by atoms with Gasteiger partial charge in [-0.3, -0.25) is 10.1 Å². The molecule has 0 unspecified atom stereocenters. The molecule has 0 heterocycles. The molecule has 0 atom stereocenters. The van der Waals surface area contributed by atoms with Gasteiger partial charge in [0.05, 0.1) is 35.2 Å². The number of carbonyl (C=O) groups excluding carboxylic acids is 2. The molecule has 0 saturated carbocycles. The number of rotatable bonds is 5. The fourth-order valence-corrected chi connectivity index (χ4v) is 3.30. The number of ether oxygens (including phenoxy) is 2. The van der Waals surface area contributed by atoms with Crippen molar-refractivity contribution in [2.45, 2.75) is 16.7 Å². The van der Waals surface area contributed by atoms with Crippen LogP contribution in [0.1, 0.15) is 26.3 Å². The number of esters is 2.